The number of rotatable bonds is 12. The van der Waals surface area contributed by atoms with Crippen LogP contribution in [0, 0.1) is 0 Å². The Bertz CT molecular complexity index is 339. The molecule has 23 heavy (non-hydrogen) atoms. The molecule has 1 heterocycles. The maximum absolute atomic E-state index is 11.8. The molecule has 0 aliphatic carbocycles. The third kappa shape index (κ3) is 9.72. The van der Waals surface area contributed by atoms with Crippen molar-refractivity contribution >= 4 is 11.8 Å². The summed E-state index contributed by atoms with van der Waals surface area (Å²) < 4.78 is 4.65. The first-order chi connectivity index (χ1) is 11.2. The monoisotopic (exact) mass is 326 g/mol. The van der Waals surface area contributed by atoms with Gasteiger partial charge in [-0.1, -0.05) is 19.8 Å². The lowest BCUT2D eigenvalue weighted by molar-refractivity contribution is -0.140. The molecule has 0 unspecified atom stereocenters. The summed E-state index contributed by atoms with van der Waals surface area (Å²) in [6.45, 7) is 8.39. The van der Waals surface area contributed by atoms with Gasteiger partial charge in [0.15, 0.2) is 0 Å². The minimum atomic E-state index is -0.113. The number of hydrogen-bond donors (Lipinski definition) is 0. The Morgan fingerprint density at radius 2 is 1.43 bits per heavy atom. The lowest BCUT2D eigenvalue weighted by Gasteiger charge is -2.34. The Balaban J connectivity index is 2.02. The van der Waals surface area contributed by atoms with Crippen molar-refractivity contribution in [2.45, 2.75) is 58.3 Å². The van der Waals surface area contributed by atoms with Gasteiger partial charge in [-0.25, -0.2) is 0 Å². The number of Topliss-reactive ketones (excluding diaryl/α,β-unsaturated/α-hetero) is 1. The average Bonchev–Trinajstić information content (AvgIpc) is 2.58. The molecular formula is C18H34N2O3. The largest absolute Gasteiger partial charge is 0.469 e. The van der Waals surface area contributed by atoms with Crippen LogP contribution in [-0.2, 0) is 14.3 Å². The molecule has 1 aliphatic rings. The van der Waals surface area contributed by atoms with Gasteiger partial charge in [-0.3, -0.25) is 9.59 Å². The third-order valence-electron chi connectivity index (χ3n) is 4.56. The highest BCUT2D eigenvalue weighted by Gasteiger charge is 2.17. The van der Waals surface area contributed by atoms with Gasteiger partial charge in [-0.2, -0.15) is 0 Å². The first-order valence-corrected chi connectivity index (χ1v) is 9.19. The highest BCUT2D eigenvalue weighted by atomic mass is 16.5. The van der Waals surface area contributed by atoms with Crippen LogP contribution in [0.25, 0.3) is 0 Å². The Kier molecular flexibility index (Phi) is 10.9. The summed E-state index contributed by atoms with van der Waals surface area (Å²) in [5, 5.41) is 0. The fourth-order valence-corrected chi connectivity index (χ4v) is 2.92. The molecule has 0 aromatic rings. The summed E-state index contributed by atoms with van der Waals surface area (Å²) >= 11 is 0. The predicted octanol–water partition coefficient (Wildman–Crippen LogP) is 2.49. The molecule has 0 aromatic heterocycles. The van der Waals surface area contributed by atoms with Crippen LogP contribution in [0.1, 0.15) is 58.3 Å². The topological polar surface area (TPSA) is 49.9 Å². The lowest BCUT2D eigenvalue weighted by atomic mass is 10.1. The number of unbranched alkanes of at least 4 members (excludes halogenated alkanes) is 3. The van der Waals surface area contributed by atoms with Crippen LogP contribution >= 0.6 is 0 Å². The first-order valence-electron chi connectivity index (χ1n) is 9.19. The smallest absolute Gasteiger partial charge is 0.305 e. The SMILES string of the molecule is CCCCCC(=O)CCN1CCN(CCCCC(=O)OC)CC1. The van der Waals surface area contributed by atoms with E-state index < -0.39 is 0 Å². The van der Waals surface area contributed by atoms with E-state index in [2.05, 4.69) is 21.5 Å². The van der Waals surface area contributed by atoms with Crippen LogP contribution in [0.3, 0.4) is 0 Å². The van der Waals surface area contributed by atoms with Crippen LogP contribution in [-0.4, -0.2) is 67.9 Å². The first kappa shape index (κ1) is 20.1. The second-order valence-electron chi connectivity index (χ2n) is 6.46. The fourth-order valence-electron chi connectivity index (χ4n) is 2.92. The molecule has 0 aromatic carbocycles. The van der Waals surface area contributed by atoms with Gasteiger partial charge in [0, 0.05) is 52.0 Å². The van der Waals surface area contributed by atoms with Crippen molar-refractivity contribution in [1.82, 2.24) is 9.80 Å². The van der Waals surface area contributed by atoms with E-state index in [1.165, 1.54) is 20.0 Å². The Morgan fingerprint density at radius 3 is 2.04 bits per heavy atom. The molecule has 0 saturated carbocycles. The highest BCUT2D eigenvalue weighted by molar-refractivity contribution is 5.78. The Morgan fingerprint density at radius 1 is 0.826 bits per heavy atom. The Hall–Kier alpha value is -0.940. The van der Waals surface area contributed by atoms with E-state index in [0.29, 0.717) is 18.6 Å². The average molecular weight is 326 g/mol. The van der Waals surface area contributed by atoms with E-state index >= 15 is 0 Å². The molecule has 0 bridgehead atoms. The minimum Gasteiger partial charge on any atom is -0.469 e. The summed E-state index contributed by atoms with van der Waals surface area (Å²) in [7, 11) is 1.44. The normalized spacial score (nSPS) is 16.4. The van der Waals surface area contributed by atoms with Gasteiger partial charge in [0.25, 0.3) is 0 Å². The number of carbonyl (C=O) groups excluding carboxylic acids is 2. The van der Waals surface area contributed by atoms with Crippen molar-refractivity contribution in [2.24, 2.45) is 0 Å². The van der Waals surface area contributed by atoms with Crippen LogP contribution in [0.4, 0.5) is 0 Å². The number of piperazine rings is 1. The maximum Gasteiger partial charge on any atom is 0.305 e. The molecule has 5 nitrogen and oxygen atoms in total. The number of hydrogen-bond acceptors (Lipinski definition) is 5. The standard InChI is InChI=1S/C18H34N2O3/c1-3-4-5-8-17(21)10-12-20-15-13-19(14-16-20)11-7-6-9-18(22)23-2/h3-16H2,1-2H3. The van der Waals surface area contributed by atoms with Crippen molar-refractivity contribution in [3.8, 4) is 0 Å². The van der Waals surface area contributed by atoms with E-state index in [-0.39, 0.29) is 5.97 Å². The van der Waals surface area contributed by atoms with Gasteiger partial charge < -0.3 is 14.5 Å². The second-order valence-corrected chi connectivity index (χ2v) is 6.46. The third-order valence-corrected chi connectivity index (χ3v) is 4.56. The van der Waals surface area contributed by atoms with Crippen molar-refractivity contribution in [1.29, 1.82) is 0 Å². The van der Waals surface area contributed by atoms with Gasteiger partial charge in [0.05, 0.1) is 7.11 Å². The zero-order valence-corrected chi connectivity index (χ0v) is 15.0. The lowest BCUT2D eigenvalue weighted by Crippen LogP contribution is -2.47. The minimum absolute atomic E-state index is 0.113. The molecule has 0 spiro atoms. The zero-order chi connectivity index (χ0) is 16.9. The van der Waals surface area contributed by atoms with Crippen LogP contribution in [0.15, 0.2) is 0 Å². The molecule has 0 radical (unpaired) electrons. The molecule has 1 fully saturated rings. The van der Waals surface area contributed by atoms with Gasteiger partial charge in [-0.05, 0) is 25.8 Å². The molecule has 1 aliphatic heterocycles. The van der Waals surface area contributed by atoms with Gasteiger partial charge in [-0.15, -0.1) is 0 Å². The van der Waals surface area contributed by atoms with E-state index in [1.807, 2.05) is 0 Å². The van der Waals surface area contributed by atoms with Crippen LogP contribution in [0.5, 0.6) is 0 Å². The molecule has 134 valence electrons. The summed E-state index contributed by atoms with van der Waals surface area (Å²) in [5.41, 5.74) is 0. The predicted molar refractivity (Wildman–Crippen MR) is 92.5 cm³/mol. The molecule has 1 saturated heterocycles. The van der Waals surface area contributed by atoms with Crippen LogP contribution in [0.2, 0.25) is 0 Å². The molecular weight excluding hydrogens is 292 g/mol. The van der Waals surface area contributed by atoms with Gasteiger partial charge in [0.1, 0.15) is 5.78 Å². The summed E-state index contributed by atoms with van der Waals surface area (Å²) in [6, 6.07) is 0. The fraction of sp³-hybridized carbons (Fsp3) is 0.889. The van der Waals surface area contributed by atoms with Gasteiger partial charge >= 0.3 is 5.97 Å². The molecule has 0 atom stereocenters. The maximum atomic E-state index is 11.8. The van der Waals surface area contributed by atoms with Crippen molar-refractivity contribution in [3.05, 3.63) is 0 Å². The second kappa shape index (κ2) is 12.5. The number of ether oxygens (including phenoxy) is 1. The quantitative estimate of drug-likeness (QED) is 0.407. The van der Waals surface area contributed by atoms with Gasteiger partial charge in [0.2, 0.25) is 0 Å². The summed E-state index contributed by atoms with van der Waals surface area (Å²) in [4.78, 5) is 27.7. The molecule has 0 N–H and O–H groups in total. The zero-order valence-electron chi connectivity index (χ0n) is 15.0. The van der Waals surface area contributed by atoms with E-state index in [4.69, 9.17) is 0 Å². The molecule has 5 heteroatoms. The summed E-state index contributed by atoms with van der Waals surface area (Å²) in [6.07, 6.45) is 7.33. The van der Waals surface area contributed by atoms with Crippen molar-refractivity contribution in [2.75, 3.05) is 46.4 Å². The number of nitrogens with zero attached hydrogens (tertiary/aromatic N) is 2. The molecule has 1 rings (SSSR count). The summed E-state index contributed by atoms with van der Waals surface area (Å²) in [5.74, 6) is 0.308. The number of ketones is 1. The Labute approximate surface area is 141 Å². The van der Waals surface area contributed by atoms with Crippen LogP contribution < -0.4 is 0 Å². The number of esters is 1. The van der Waals surface area contributed by atoms with E-state index in [1.54, 1.807) is 0 Å². The van der Waals surface area contributed by atoms with Crippen molar-refractivity contribution < 1.29 is 14.3 Å². The number of carbonyl (C=O) groups is 2. The van der Waals surface area contributed by atoms with E-state index in [9.17, 15) is 9.59 Å². The van der Waals surface area contributed by atoms with E-state index in [0.717, 1.165) is 65.0 Å². The number of methoxy groups -OCH3 is 1. The molecule has 0 amide bonds. The highest BCUT2D eigenvalue weighted by Crippen LogP contribution is 2.07. The van der Waals surface area contributed by atoms with Crippen molar-refractivity contribution in [3.63, 3.8) is 0 Å².